The van der Waals surface area contributed by atoms with Crippen LogP contribution in [0.2, 0.25) is 10.0 Å². The minimum Gasteiger partial charge on any atom is -0.465 e. The van der Waals surface area contributed by atoms with E-state index in [0.717, 1.165) is 28.9 Å². The van der Waals surface area contributed by atoms with Gasteiger partial charge in [0.2, 0.25) is 5.91 Å². The third kappa shape index (κ3) is 5.65. The van der Waals surface area contributed by atoms with Gasteiger partial charge in [-0.3, -0.25) is 9.69 Å². The summed E-state index contributed by atoms with van der Waals surface area (Å²) in [6, 6.07) is 13.6. The Kier molecular flexibility index (Phi) is 7.58. The van der Waals surface area contributed by atoms with Crippen molar-refractivity contribution in [2.75, 3.05) is 6.61 Å². The molecule has 1 fully saturated rings. The normalized spacial score (nSPS) is 14.2. The maximum atomic E-state index is 13.1. The van der Waals surface area contributed by atoms with Gasteiger partial charge in [-0.15, -0.1) is 0 Å². The Bertz CT molecular complexity index is 890. The van der Waals surface area contributed by atoms with Gasteiger partial charge < -0.3 is 15.1 Å². The summed E-state index contributed by atoms with van der Waals surface area (Å²) in [5.41, 5.74) is 1.53. The average Bonchev–Trinajstić information content (AvgIpc) is 3.57. The smallest absolute Gasteiger partial charge is 0.407 e. The molecule has 2 N–H and O–H groups in total. The van der Waals surface area contributed by atoms with Crippen LogP contribution in [-0.4, -0.2) is 50.7 Å². The fourth-order valence-electron chi connectivity index (χ4n) is 3.39. The number of hydrogen-bond donors (Lipinski definition) is 2. The summed E-state index contributed by atoms with van der Waals surface area (Å²) < 4.78 is 0. The highest BCUT2D eigenvalue weighted by Gasteiger charge is 2.35. The number of carboxylic acid groups (broad SMARTS) is 1. The third-order valence-corrected chi connectivity index (χ3v) is 6.04. The number of carbonyl (C=O) groups excluding carboxylic acids is 1. The van der Waals surface area contributed by atoms with Crippen molar-refractivity contribution in [2.45, 2.75) is 44.4 Å². The highest BCUT2D eigenvalue weighted by Crippen LogP contribution is 2.33. The Morgan fingerprint density at radius 2 is 1.73 bits per heavy atom. The standard InChI is InChI=1S/C22H24Cl2N2O4/c23-19-8-4-7-16(21(19)24)13-25(17-9-10-17)20(28)11-18(14-27)26(22(29)30)12-15-5-2-1-3-6-15/h1-8,17-18,27H,9-14H2,(H,29,30)/t18-/m0/s1. The number of nitrogens with zero attached hydrogens (tertiary/aromatic N) is 2. The summed E-state index contributed by atoms with van der Waals surface area (Å²) in [5, 5.41) is 20.4. The van der Waals surface area contributed by atoms with Crippen LogP contribution in [0.25, 0.3) is 0 Å². The van der Waals surface area contributed by atoms with Crippen LogP contribution in [0.15, 0.2) is 48.5 Å². The quantitative estimate of drug-likeness (QED) is 0.592. The molecule has 0 aromatic heterocycles. The van der Waals surface area contributed by atoms with Crippen LogP contribution in [-0.2, 0) is 17.9 Å². The van der Waals surface area contributed by atoms with Crippen LogP contribution in [0.1, 0.15) is 30.4 Å². The lowest BCUT2D eigenvalue weighted by Crippen LogP contribution is -2.45. The van der Waals surface area contributed by atoms with Crippen LogP contribution in [0, 0.1) is 0 Å². The van der Waals surface area contributed by atoms with E-state index in [1.54, 1.807) is 17.0 Å². The number of aliphatic hydroxyl groups is 1. The summed E-state index contributed by atoms with van der Waals surface area (Å²) in [7, 11) is 0. The highest BCUT2D eigenvalue weighted by atomic mass is 35.5. The summed E-state index contributed by atoms with van der Waals surface area (Å²) in [6.07, 6.45) is 0.493. The number of hydrogen-bond acceptors (Lipinski definition) is 3. The molecular formula is C22H24Cl2N2O4. The highest BCUT2D eigenvalue weighted by molar-refractivity contribution is 6.42. The number of amides is 2. The molecule has 2 amide bonds. The van der Waals surface area contributed by atoms with Gasteiger partial charge in [-0.2, -0.15) is 0 Å². The van der Waals surface area contributed by atoms with Crippen molar-refractivity contribution in [3.63, 3.8) is 0 Å². The van der Waals surface area contributed by atoms with E-state index in [1.165, 1.54) is 0 Å². The molecule has 0 heterocycles. The second kappa shape index (κ2) is 10.2. The van der Waals surface area contributed by atoms with Gasteiger partial charge in [0.1, 0.15) is 0 Å². The van der Waals surface area contributed by atoms with E-state index in [2.05, 4.69) is 0 Å². The minimum absolute atomic E-state index is 0.0955. The van der Waals surface area contributed by atoms with E-state index >= 15 is 0 Å². The summed E-state index contributed by atoms with van der Waals surface area (Å²) in [5.74, 6) is -0.216. The zero-order valence-corrected chi connectivity index (χ0v) is 17.9. The Morgan fingerprint density at radius 1 is 1.03 bits per heavy atom. The molecule has 0 radical (unpaired) electrons. The average molecular weight is 451 g/mol. The molecule has 3 rings (SSSR count). The van der Waals surface area contributed by atoms with Crippen LogP contribution in [0.4, 0.5) is 4.79 Å². The zero-order chi connectivity index (χ0) is 21.7. The fourth-order valence-corrected chi connectivity index (χ4v) is 3.77. The Hall–Kier alpha value is -2.28. The predicted molar refractivity (Wildman–Crippen MR) is 116 cm³/mol. The first kappa shape index (κ1) is 22.4. The lowest BCUT2D eigenvalue weighted by molar-refractivity contribution is -0.134. The van der Waals surface area contributed by atoms with Gasteiger partial charge in [-0.25, -0.2) is 4.79 Å². The van der Waals surface area contributed by atoms with Crippen LogP contribution >= 0.6 is 23.2 Å². The van der Waals surface area contributed by atoms with Crippen LogP contribution in [0.5, 0.6) is 0 Å². The SMILES string of the molecule is O=C(C[C@@H](CO)N(Cc1ccccc1)C(=O)O)N(Cc1cccc(Cl)c1Cl)C1CC1. The van der Waals surface area contributed by atoms with Gasteiger partial charge in [0.05, 0.1) is 22.7 Å². The molecule has 8 heteroatoms. The van der Waals surface area contributed by atoms with Gasteiger partial charge in [0.15, 0.2) is 0 Å². The van der Waals surface area contributed by atoms with E-state index in [4.69, 9.17) is 23.2 Å². The van der Waals surface area contributed by atoms with Gasteiger partial charge >= 0.3 is 6.09 Å². The molecule has 1 atom stereocenters. The molecule has 6 nitrogen and oxygen atoms in total. The number of benzene rings is 2. The molecule has 1 saturated carbocycles. The minimum atomic E-state index is -1.18. The van der Waals surface area contributed by atoms with Crippen LogP contribution in [0.3, 0.4) is 0 Å². The molecule has 0 saturated heterocycles. The second-order valence-corrected chi connectivity index (χ2v) is 8.19. The lowest BCUT2D eigenvalue weighted by atomic mass is 10.1. The van der Waals surface area contributed by atoms with Gasteiger partial charge in [0, 0.05) is 25.6 Å². The maximum Gasteiger partial charge on any atom is 0.407 e. The topological polar surface area (TPSA) is 81.1 Å². The molecule has 30 heavy (non-hydrogen) atoms. The van der Waals surface area contributed by atoms with E-state index in [0.29, 0.717) is 16.6 Å². The molecule has 160 valence electrons. The largest absolute Gasteiger partial charge is 0.465 e. The molecule has 0 spiro atoms. The number of aliphatic hydroxyl groups excluding tert-OH is 1. The Morgan fingerprint density at radius 3 is 2.33 bits per heavy atom. The van der Waals surface area contributed by atoms with E-state index in [1.807, 2.05) is 36.4 Å². The van der Waals surface area contributed by atoms with E-state index in [-0.39, 0.29) is 24.9 Å². The van der Waals surface area contributed by atoms with Crippen molar-refractivity contribution in [2.24, 2.45) is 0 Å². The van der Waals surface area contributed by atoms with E-state index < -0.39 is 18.7 Å². The number of rotatable bonds is 9. The molecule has 1 aliphatic carbocycles. The molecule has 1 aliphatic rings. The second-order valence-electron chi connectivity index (χ2n) is 7.40. The molecule has 0 aliphatic heterocycles. The summed E-state index contributed by atoms with van der Waals surface area (Å²) >= 11 is 12.4. The molecule has 2 aromatic carbocycles. The Balaban J connectivity index is 1.74. The number of halogens is 2. The maximum absolute atomic E-state index is 13.1. The Labute approximate surface area is 185 Å². The van der Waals surface area contributed by atoms with Crippen molar-refractivity contribution in [1.82, 2.24) is 9.80 Å². The number of carbonyl (C=O) groups is 2. The fraction of sp³-hybridized carbons (Fsp3) is 0.364. The van der Waals surface area contributed by atoms with Crippen molar-refractivity contribution in [3.05, 3.63) is 69.7 Å². The van der Waals surface area contributed by atoms with Crippen LogP contribution < -0.4 is 0 Å². The van der Waals surface area contributed by atoms with Gasteiger partial charge in [0.25, 0.3) is 0 Å². The predicted octanol–water partition coefficient (Wildman–Crippen LogP) is 4.42. The molecular weight excluding hydrogens is 427 g/mol. The first-order valence-corrected chi connectivity index (χ1v) is 10.5. The van der Waals surface area contributed by atoms with Crippen molar-refractivity contribution in [3.8, 4) is 0 Å². The van der Waals surface area contributed by atoms with Gasteiger partial charge in [-0.05, 0) is 30.0 Å². The van der Waals surface area contributed by atoms with Crippen molar-refractivity contribution < 1.29 is 19.8 Å². The molecule has 0 unspecified atom stereocenters. The summed E-state index contributed by atoms with van der Waals surface area (Å²) in [4.78, 5) is 27.8. The molecule has 2 aromatic rings. The third-order valence-electron chi connectivity index (χ3n) is 5.18. The lowest BCUT2D eigenvalue weighted by Gasteiger charge is -2.30. The van der Waals surface area contributed by atoms with Gasteiger partial charge in [-0.1, -0.05) is 65.7 Å². The molecule has 0 bridgehead atoms. The summed E-state index contributed by atoms with van der Waals surface area (Å²) in [6.45, 7) is -0.0493. The van der Waals surface area contributed by atoms with E-state index in [9.17, 15) is 19.8 Å². The zero-order valence-electron chi connectivity index (χ0n) is 16.4. The van der Waals surface area contributed by atoms with Crippen molar-refractivity contribution >= 4 is 35.2 Å². The monoisotopic (exact) mass is 450 g/mol. The van der Waals surface area contributed by atoms with Crippen molar-refractivity contribution in [1.29, 1.82) is 0 Å². The first-order valence-electron chi connectivity index (χ1n) is 9.77. The first-order chi connectivity index (χ1) is 14.4.